The average molecular weight is 117 g/mol. The van der Waals surface area contributed by atoms with Crippen LogP contribution in [0.2, 0.25) is 0 Å². The Hall–Kier alpha value is 0.494. The Bertz CT molecular complexity index is 5.61. The van der Waals surface area contributed by atoms with Crippen molar-refractivity contribution >= 4 is 0 Å². The quantitative estimate of drug-likeness (QED) is 0.459. The molecule has 0 N–H and O–H groups in total. The first kappa shape index (κ1) is 9.09. The second-order valence-electron chi connectivity index (χ2n) is 1.000. The van der Waals surface area contributed by atoms with E-state index in [1.807, 2.05) is 0 Å². The average Bonchev–Trinajstić information content (AvgIpc) is 1.37. The molecule has 34 valence electrons. The van der Waals surface area contributed by atoms with Crippen LogP contribution in [0.4, 0.5) is 0 Å². The Morgan fingerprint density at radius 1 is 1.00 bits per heavy atom. The summed E-state index contributed by atoms with van der Waals surface area (Å²) in [4.78, 5) is 0. The van der Waals surface area contributed by atoms with Gasteiger partial charge >= 0.3 is 16.5 Å². The maximum Gasteiger partial charge on any atom is 2.00 e. The zero-order chi connectivity index (χ0) is 3.41. The summed E-state index contributed by atoms with van der Waals surface area (Å²) < 4.78 is 0. The summed E-state index contributed by atoms with van der Waals surface area (Å²) in [5.41, 5.74) is 0. The van der Waals surface area contributed by atoms with Gasteiger partial charge in [0.15, 0.2) is 0 Å². The maximum atomic E-state index is 2.18. The third-order valence-electron chi connectivity index (χ3n) is 0.500. The van der Waals surface area contributed by atoms with Crippen molar-refractivity contribution in [3.63, 3.8) is 0 Å². The largest absolute Gasteiger partial charge is 2.00 e. The summed E-state index contributed by atoms with van der Waals surface area (Å²) in [6, 6.07) is 0. The predicted octanol–water partition coefficient (Wildman–Crippen LogP) is 1.80. The number of hydrogen-bond acceptors (Lipinski definition) is 0. The molecule has 0 aromatic heterocycles. The van der Waals surface area contributed by atoms with Gasteiger partial charge in [0.25, 0.3) is 0 Å². The molecule has 0 aromatic carbocycles. The Morgan fingerprint density at radius 2 is 1.20 bits per heavy atom. The van der Waals surface area contributed by atoms with Gasteiger partial charge in [-0.2, -0.15) is 0 Å². The summed E-state index contributed by atoms with van der Waals surface area (Å²) in [6.45, 7) is 4.36. The molecule has 0 fully saturated rings. The Balaban J connectivity index is 0. The van der Waals surface area contributed by atoms with Gasteiger partial charge in [0.05, 0.1) is 0 Å². The third-order valence-corrected chi connectivity index (χ3v) is 0.500. The summed E-state index contributed by atoms with van der Waals surface area (Å²) in [5, 5.41) is 0. The van der Waals surface area contributed by atoms with E-state index in [1.54, 1.807) is 0 Å². The third kappa shape index (κ3) is 12.5. The van der Waals surface area contributed by atoms with Gasteiger partial charge in [-0.3, -0.25) is 0 Å². The van der Waals surface area contributed by atoms with Gasteiger partial charge in [0.1, 0.15) is 0 Å². The van der Waals surface area contributed by atoms with Crippen LogP contribution < -0.4 is 0 Å². The fraction of sp³-hybridized carbons (Fsp3) is 1.00. The molecule has 5 heavy (non-hydrogen) atoms. The monoisotopic (exact) mass is 116 g/mol. The zero-order valence-corrected chi connectivity index (χ0v) is 4.72. The first-order valence-electron chi connectivity index (χ1n) is 1.91. The van der Waals surface area contributed by atoms with E-state index in [1.165, 1.54) is 12.8 Å². The maximum absolute atomic E-state index is 2.18. The molecule has 0 aromatic rings. The van der Waals surface area contributed by atoms with Gasteiger partial charge in [0.2, 0.25) is 0 Å². The van der Waals surface area contributed by atoms with Crippen molar-refractivity contribution in [2.24, 2.45) is 0 Å². The fourth-order valence-electron chi connectivity index (χ4n) is 0. The van der Waals surface area contributed by atoms with Crippen LogP contribution in [0.1, 0.15) is 26.7 Å². The van der Waals surface area contributed by atoms with Crippen LogP contribution in [-0.4, -0.2) is 0 Å². The molecule has 0 unspecified atom stereocenters. The molecule has 0 spiro atoms. The van der Waals surface area contributed by atoms with E-state index in [0.29, 0.717) is 0 Å². The van der Waals surface area contributed by atoms with Crippen LogP contribution in [0.3, 0.4) is 0 Å². The zero-order valence-electron chi connectivity index (χ0n) is 3.73. The standard InChI is InChI=1S/C4H10.Ni/c1-3-4-2;/h3-4H2,1-2H3;/q;+2. The van der Waals surface area contributed by atoms with Gasteiger partial charge in [-0.05, 0) is 0 Å². The van der Waals surface area contributed by atoms with Crippen LogP contribution in [0.25, 0.3) is 0 Å². The molecule has 0 aliphatic heterocycles. The SMILES string of the molecule is CCCC.[Ni+2]. The van der Waals surface area contributed by atoms with E-state index in [0.717, 1.165) is 0 Å². The van der Waals surface area contributed by atoms with Crippen LogP contribution >= 0.6 is 0 Å². The molecule has 0 atom stereocenters. The normalized spacial score (nSPS) is 6.00. The van der Waals surface area contributed by atoms with Gasteiger partial charge in [-0.15, -0.1) is 0 Å². The summed E-state index contributed by atoms with van der Waals surface area (Å²) in [7, 11) is 0. The van der Waals surface area contributed by atoms with Crippen LogP contribution in [0, 0.1) is 0 Å². The summed E-state index contributed by atoms with van der Waals surface area (Å²) in [6.07, 6.45) is 2.64. The van der Waals surface area contributed by atoms with E-state index >= 15 is 0 Å². The number of rotatable bonds is 1. The number of unbranched alkanes of at least 4 members (excludes halogenated alkanes) is 1. The van der Waals surface area contributed by atoms with Crippen molar-refractivity contribution in [2.45, 2.75) is 26.7 Å². The van der Waals surface area contributed by atoms with E-state index in [2.05, 4.69) is 13.8 Å². The van der Waals surface area contributed by atoms with Gasteiger partial charge in [-0.25, -0.2) is 0 Å². The second-order valence-corrected chi connectivity index (χ2v) is 1.000. The van der Waals surface area contributed by atoms with Crippen molar-refractivity contribution < 1.29 is 16.5 Å². The minimum absolute atomic E-state index is 0. The first-order chi connectivity index (χ1) is 1.91. The minimum atomic E-state index is 0. The van der Waals surface area contributed by atoms with E-state index in [-0.39, 0.29) is 16.5 Å². The van der Waals surface area contributed by atoms with E-state index in [9.17, 15) is 0 Å². The molecule has 0 nitrogen and oxygen atoms in total. The van der Waals surface area contributed by atoms with Gasteiger partial charge in [-0.1, -0.05) is 26.7 Å². The molecule has 0 saturated carbocycles. The molecule has 0 amide bonds. The van der Waals surface area contributed by atoms with Crippen LogP contribution in [0.15, 0.2) is 0 Å². The van der Waals surface area contributed by atoms with E-state index < -0.39 is 0 Å². The Labute approximate surface area is 43.9 Å². The predicted molar refractivity (Wildman–Crippen MR) is 20.6 cm³/mol. The topological polar surface area (TPSA) is 0 Å². The van der Waals surface area contributed by atoms with Gasteiger partial charge < -0.3 is 0 Å². The van der Waals surface area contributed by atoms with Crippen molar-refractivity contribution in [1.82, 2.24) is 0 Å². The molecular weight excluding hydrogens is 107 g/mol. The molecule has 0 rings (SSSR count). The van der Waals surface area contributed by atoms with Crippen molar-refractivity contribution in [3.05, 3.63) is 0 Å². The fourth-order valence-corrected chi connectivity index (χ4v) is 0. The molecule has 0 radical (unpaired) electrons. The molecular formula is C4H10Ni+2. The molecule has 0 saturated heterocycles. The molecule has 1 heteroatoms. The Morgan fingerprint density at radius 3 is 1.20 bits per heavy atom. The second kappa shape index (κ2) is 8.82. The first-order valence-corrected chi connectivity index (χ1v) is 1.91. The van der Waals surface area contributed by atoms with Crippen LogP contribution in [0.5, 0.6) is 0 Å². The summed E-state index contributed by atoms with van der Waals surface area (Å²) >= 11 is 0. The van der Waals surface area contributed by atoms with Crippen LogP contribution in [-0.2, 0) is 16.5 Å². The van der Waals surface area contributed by atoms with E-state index in [4.69, 9.17) is 0 Å². The molecule has 0 aliphatic rings. The van der Waals surface area contributed by atoms with Gasteiger partial charge in [0, 0.05) is 0 Å². The Kier molecular flexibility index (Phi) is 16.0. The minimum Gasteiger partial charge on any atom is -0.0654 e. The van der Waals surface area contributed by atoms with Crippen molar-refractivity contribution in [1.29, 1.82) is 0 Å². The summed E-state index contributed by atoms with van der Waals surface area (Å²) in [5.74, 6) is 0. The van der Waals surface area contributed by atoms with Crippen molar-refractivity contribution in [3.8, 4) is 0 Å². The molecule has 0 heterocycles. The molecule has 0 bridgehead atoms. The smallest absolute Gasteiger partial charge is 0.0654 e. The molecule has 0 aliphatic carbocycles. The van der Waals surface area contributed by atoms with Crippen molar-refractivity contribution in [2.75, 3.05) is 0 Å². The number of hydrogen-bond donors (Lipinski definition) is 0.